The van der Waals surface area contributed by atoms with Gasteiger partial charge in [0.25, 0.3) is 0 Å². The summed E-state index contributed by atoms with van der Waals surface area (Å²) in [5.74, 6) is 0.794. The van der Waals surface area contributed by atoms with Crippen molar-refractivity contribution >= 4 is 5.78 Å². The van der Waals surface area contributed by atoms with Crippen LogP contribution in [0, 0.1) is 11.3 Å². The zero-order chi connectivity index (χ0) is 9.47. The highest BCUT2D eigenvalue weighted by atomic mass is 16.3. The van der Waals surface area contributed by atoms with Crippen molar-refractivity contribution in [2.75, 3.05) is 0 Å². The fourth-order valence-corrected chi connectivity index (χ4v) is 3.36. The van der Waals surface area contributed by atoms with Gasteiger partial charge in [-0.05, 0) is 38.5 Å². The topological polar surface area (TPSA) is 37.3 Å². The van der Waals surface area contributed by atoms with Crippen LogP contribution in [0.2, 0.25) is 0 Å². The van der Waals surface area contributed by atoms with Crippen LogP contribution >= 0.6 is 0 Å². The van der Waals surface area contributed by atoms with E-state index in [2.05, 4.69) is 0 Å². The highest BCUT2D eigenvalue weighted by molar-refractivity contribution is 5.83. The molecule has 0 aromatic heterocycles. The molecule has 2 fully saturated rings. The third kappa shape index (κ3) is 1.32. The first-order valence-electron chi connectivity index (χ1n) is 5.34. The zero-order valence-corrected chi connectivity index (χ0v) is 8.25. The summed E-state index contributed by atoms with van der Waals surface area (Å²) in [7, 11) is 0. The van der Waals surface area contributed by atoms with E-state index in [1.807, 2.05) is 0 Å². The van der Waals surface area contributed by atoms with E-state index in [0.29, 0.717) is 11.7 Å². The largest absolute Gasteiger partial charge is 0.393 e. The Morgan fingerprint density at radius 3 is 2.85 bits per heavy atom. The summed E-state index contributed by atoms with van der Waals surface area (Å²) >= 11 is 0. The molecule has 0 saturated heterocycles. The monoisotopic (exact) mass is 182 g/mol. The number of carbonyl (C=O) groups excluding carboxylic acids is 1. The number of hydrogen-bond donors (Lipinski definition) is 1. The fraction of sp³-hybridized carbons (Fsp3) is 0.909. The SMILES string of the molecule is CC(=O)[C@@]12CCCCC1C[C@H](O)C2. The molecular weight excluding hydrogens is 164 g/mol. The maximum Gasteiger partial charge on any atom is 0.136 e. The van der Waals surface area contributed by atoms with Crippen molar-refractivity contribution in [3.8, 4) is 0 Å². The second-order valence-electron chi connectivity index (χ2n) is 4.75. The van der Waals surface area contributed by atoms with Gasteiger partial charge in [-0.3, -0.25) is 4.79 Å². The van der Waals surface area contributed by atoms with Crippen molar-refractivity contribution in [2.45, 2.75) is 51.6 Å². The predicted octanol–water partition coefficient (Wildman–Crippen LogP) is 1.91. The summed E-state index contributed by atoms with van der Waals surface area (Å²) in [5.41, 5.74) is -0.127. The number of aliphatic hydroxyl groups excluding tert-OH is 1. The number of hydrogen-bond acceptors (Lipinski definition) is 2. The number of Topliss-reactive ketones (excluding diaryl/α,β-unsaturated/α-hetero) is 1. The summed E-state index contributed by atoms with van der Waals surface area (Å²) < 4.78 is 0. The molecule has 13 heavy (non-hydrogen) atoms. The van der Waals surface area contributed by atoms with Crippen LogP contribution < -0.4 is 0 Å². The van der Waals surface area contributed by atoms with Crippen molar-refractivity contribution in [2.24, 2.45) is 11.3 Å². The van der Waals surface area contributed by atoms with Crippen LogP contribution in [-0.4, -0.2) is 17.0 Å². The quantitative estimate of drug-likeness (QED) is 0.672. The van der Waals surface area contributed by atoms with Crippen LogP contribution in [-0.2, 0) is 4.79 Å². The van der Waals surface area contributed by atoms with Crippen molar-refractivity contribution in [3.63, 3.8) is 0 Å². The Kier molecular flexibility index (Phi) is 2.18. The zero-order valence-electron chi connectivity index (χ0n) is 8.25. The summed E-state index contributed by atoms with van der Waals surface area (Å²) in [4.78, 5) is 11.6. The molecule has 0 bridgehead atoms. The van der Waals surface area contributed by atoms with Gasteiger partial charge in [-0.25, -0.2) is 0 Å². The molecular formula is C11H18O2. The Balaban J connectivity index is 2.24. The van der Waals surface area contributed by atoms with E-state index in [-0.39, 0.29) is 11.5 Å². The third-order valence-corrected chi connectivity index (χ3v) is 4.06. The number of fused-ring (bicyclic) bond motifs is 1. The van der Waals surface area contributed by atoms with Gasteiger partial charge in [0.1, 0.15) is 5.78 Å². The average Bonchev–Trinajstić information content (AvgIpc) is 2.41. The van der Waals surface area contributed by atoms with Gasteiger partial charge < -0.3 is 5.11 Å². The normalized spacial score (nSPS) is 44.5. The van der Waals surface area contributed by atoms with Crippen LogP contribution in [0.3, 0.4) is 0 Å². The second kappa shape index (κ2) is 3.09. The molecule has 0 aliphatic heterocycles. The van der Waals surface area contributed by atoms with Gasteiger partial charge in [-0.1, -0.05) is 12.8 Å². The molecule has 2 heteroatoms. The van der Waals surface area contributed by atoms with Crippen LogP contribution in [0.4, 0.5) is 0 Å². The van der Waals surface area contributed by atoms with Crippen LogP contribution in [0.1, 0.15) is 45.4 Å². The summed E-state index contributed by atoms with van der Waals surface area (Å²) in [5, 5.41) is 9.62. The number of rotatable bonds is 1. The maximum absolute atomic E-state index is 11.6. The van der Waals surface area contributed by atoms with Crippen LogP contribution in [0.15, 0.2) is 0 Å². The Labute approximate surface area is 79.3 Å². The van der Waals surface area contributed by atoms with Gasteiger partial charge in [0, 0.05) is 5.41 Å². The van der Waals surface area contributed by atoms with Gasteiger partial charge in [-0.15, -0.1) is 0 Å². The minimum absolute atomic E-state index is 0.127. The molecule has 2 saturated carbocycles. The maximum atomic E-state index is 11.6. The van der Waals surface area contributed by atoms with E-state index in [9.17, 15) is 9.90 Å². The number of ketones is 1. The molecule has 0 aromatic carbocycles. The van der Waals surface area contributed by atoms with Crippen molar-refractivity contribution in [3.05, 3.63) is 0 Å². The van der Waals surface area contributed by atoms with E-state index < -0.39 is 0 Å². The molecule has 3 atom stereocenters. The lowest BCUT2D eigenvalue weighted by atomic mass is 9.66. The number of carbonyl (C=O) groups is 1. The second-order valence-corrected chi connectivity index (χ2v) is 4.75. The minimum Gasteiger partial charge on any atom is -0.393 e. The third-order valence-electron chi connectivity index (χ3n) is 4.06. The van der Waals surface area contributed by atoms with Gasteiger partial charge in [0.15, 0.2) is 0 Å². The molecule has 2 rings (SSSR count). The first-order valence-corrected chi connectivity index (χ1v) is 5.34. The molecule has 74 valence electrons. The molecule has 2 aliphatic carbocycles. The van der Waals surface area contributed by atoms with Gasteiger partial charge in [-0.2, -0.15) is 0 Å². The van der Waals surface area contributed by atoms with E-state index in [4.69, 9.17) is 0 Å². The molecule has 0 amide bonds. The number of aliphatic hydroxyl groups is 1. The molecule has 1 N–H and O–H groups in total. The van der Waals surface area contributed by atoms with E-state index in [1.165, 1.54) is 12.8 Å². The molecule has 1 unspecified atom stereocenters. The van der Waals surface area contributed by atoms with Crippen molar-refractivity contribution in [1.29, 1.82) is 0 Å². The Bertz CT molecular complexity index is 224. The molecule has 2 nitrogen and oxygen atoms in total. The standard InChI is InChI=1S/C11H18O2/c1-8(12)11-5-3-2-4-9(11)6-10(13)7-11/h9-10,13H,2-7H2,1H3/t9?,10-,11-/m0/s1. The summed E-state index contributed by atoms with van der Waals surface area (Å²) in [6.45, 7) is 1.70. The first-order chi connectivity index (χ1) is 6.15. The summed E-state index contributed by atoms with van der Waals surface area (Å²) in [6, 6.07) is 0. The van der Waals surface area contributed by atoms with E-state index in [1.54, 1.807) is 6.92 Å². The van der Waals surface area contributed by atoms with Crippen LogP contribution in [0.25, 0.3) is 0 Å². The Morgan fingerprint density at radius 1 is 1.46 bits per heavy atom. The molecule has 0 aromatic rings. The average molecular weight is 182 g/mol. The molecule has 0 radical (unpaired) electrons. The molecule has 2 aliphatic rings. The van der Waals surface area contributed by atoms with Crippen molar-refractivity contribution in [1.82, 2.24) is 0 Å². The lowest BCUT2D eigenvalue weighted by molar-refractivity contribution is -0.130. The van der Waals surface area contributed by atoms with E-state index >= 15 is 0 Å². The predicted molar refractivity (Wildman–Crippen MR) is 50.3 cm³/mol. The Morgan fingerprint density at radius 2 is 2.23 bits per heavy atom. The molecule has 0 spiro atoms. The summed E-state index contributed by atoms with van der Waals surface area (Å²) in [6.07, 6.45) is 5.95. The van der Waals surface area contributed by atoms with Gasteiger partial charge >= 0.3 is 0 Å². The van der Waals surface area contributed by atoms with E-state index in [0.717, 1.165) is 25.7 Å². The molecule has 0 heterocycles. The van der Waals surface area contributed by atoms with Gasteiger partial charge in [0.2, 0.25) is 0 Å². The Hall–Kier alpha value is -0.370. The lowest BCUT2D eigenvalue weighted by Crippen LogP contribution is -2.35. The minimum atomic E-state index is -0.216. The fourth-order valence-electron chi connectivity index (χ4n) is 3.36. The lowest BCUT2D eigenvalue weighted by Gasteiger charge is -2.36. The van der Waals surface area contributed by atoms with Gasteiger partial charge in [0.05, 0.1) is 6.10 Å². The smallest absolute Gasteiger partial charge is 0.136 e. The first kappa shape index (κ1) is 9.20. The van der Waals surface area contributed by atoms with Crippen LogP contribution in [0.5, 0.6) is 0 Å². The van der Waals surface area contributed by atoms with Crippen molar-refractivity contribution < 1.29 is 9.90 Å². The highest BCUT2D eigenvalue weighted by Gasteiger charge is 2.50. The highest BCUT2D eigenvalue weighted by Crippen LogP contribution is 2.52.